The van der Waals surface area contributed by atoms with Gasteiger partial charge in [-0.15, -0.1) is 11.3 Å². The lowest BCUT2D eigenvalue weighted by molar-refractivity contribution is 0.0675. The zero-order valence-electron chi connectivity index (χ0n) is 14.0. The van der Waals surface area contributed by atoms with E-state index in [1.54, 1.807) is 16.7 Å². The van der Waals surface area contributed by atoms with Crippen molar-refractivity contribution in [2.75, 3.05) is 13.2 Å². The normalized spacial score (nSPS) is 17.6. The van der Waals surface area contributed by atoms with Crippen molar-refractivity contribution in [3.05, 3.63) is 69.6 Å². The summed E-state index contributed by atoms with van der Waals surface area (Å²) in [6.07, 6.45) is 4.28. The fraction of sp³-hybridized carbons (Fsp3) is 0.368. The SMILES string of the molecule is O=c1cc(CN(Cc2ccccc2)CC2CCCO2)nc2sccn12. The fourth-order valence-electron chi connectivity index (χ4n) is 3.30. The number of benzene rings is 1. The molecule has 5 nitrogen and oxygen atoms in total. The molecule has 3 heterocycles. The van der Waals surface area contributed by atoms with Crippen LogP contribution in [0.3, 0.4) is 0 Å². The molecule has 4 rings (SSSR count). The lowest BCUT2D eigenvalue weighted by Gasteiger charge is -2.25. The predicted octanol–water partition coefficient (Wildman–Crippen LogP) is 2.94. The van der Waals surface area contributed by atoms with E-state index in [1.165, 1.54) is 16.9 Å². The van der Waals surface area contributed by atoms with Crippen molar-refractivity contribution in [2.24, 2.45) is 0 Å². The fourth-order valence-corrected chi connectivity index (χ4v) is 4.04. The van der Waals surface area contributed by atoms with Crippen molar-refractivity contribution in [1.29, 1.82) is 0 Å². The lowest BCUT2D eigenvalue weighted by Crippen LogP contribution is -2.32. The molecule has 0 radical (unpaired) electrons. The molecule has 6 heteroatoms. The van der Waals surface area contributed by atoms with E-state index in [2.05, 4.69) is 34.1 Å². The van der Waals surface area contributed by atoms with E-state index in [9.17, 15) is 4.79 Å². The highest BCUT2D eigenvalue weighted by Crippen LogP contribution is 2.17. The zero-order chi connectivity index (χ0) is 17.1. The molecule has 0 bridgehead atoms. The molecule has 1 saturated heterocycles. The van der Waals surface area contributed by atoms with Gasteiger partial charge in [-0.3, -0.25) is 14.1 Å². The van der Waals surface area contributed by atoms with Crippen molar-refractivity contribution in [3.8, 4) is 0 Å². The van der Waals surface area contributed by atoms with Gasteiger partial charge < -0.3 is 4.74 Å². The van der Waals surface area contributed by atoms with Crippen LogP contribution in [0.25, 0.3) is 4.96 Å². The van der Waals surface area contributed by atoms with Gasteiger partial charge in [-0.1, -0.05) is 30.3 Å². The van der Waals surface area contributed by atoms with E-state index in [1.807, 2.05) is 11.4 Å². The Kier molecular flexibility index (Phi) is 4.92. The number of hydrogen-bond acceptors (Lipinski definition) is 5. The Hall–Kier alpha value is -2.02. The molecule has 1 unspecified atom stereocenters. The number of aromatic nitrogens is 2. The maximum atomic E-state index is 12.2. The van der Waals surface area contributed by atoms with Crippen molar-refractivity contribution in [1.82, 2.24) is 14.3 Å². The molecule has 25 heavy (non-hydrogen) atoms. The van der Waals surface area contributed by atoms with Crippen LogP contribution in [0, 0.1) is 0 Å². The van der Waals surface area contributed by atoms with Crippen LogP contribution in [0.1, 0.15) is 24.1 Å². The van der Waals surface area contributed by atoms with Crippen molar-refractivity contribution in [3.63, 3.8) is 0 Å². The van der Waals surface area contributed by atoms with Gasteiger partial charge in [0.2, 0.25) is 0 Å². The Morgan fingerprint density at radius 3 is 2.96 bits per heavy atom. The van der Waals surface area contributed by atoms with Crippen molar-refractivity contribution < 1.29 is 4.74 Å². The lowest BCUT2D eigenvalue weighted by atomic mass is 10.1. The molecular weight excluding hydrogens is 334 g/mol. The Morgan fingerprint density at radius 2 is 2.16 bits per heavy atom. The first-order valence-electron chi connectivity index (χ1n) is 8.61. The minimum absolute atomic E-state index is 0.0157. The summed E-state index contributed by atoms with van der Waals surface area (Å²) in [6.45, 7) is 3.19. The Labute approximate surface area is 150 Å². The molecule has 1 fully saturated rings. The van der Waals surface area contributed by atoms with Gasteiger partial charge in [0.15, 0.2) is 4.96 Å². The third-order valence-corrected chi connectivity index (χ3v) is 5.23. The average molecular weight is 355 g/mol. The van der Waals surface area contributed by atoms with Gasteiger partial charge in [0, 0.05) is 43.9 Å². The largest absolute Gasteiger partial charge is 0.377 e. The Bertz CT molecular complexity index is 884. The smallest absolute Gasteiger partial charge is 0.258 e. The quantitative estimate of drug-likeness (QED) is 0.682. The van der Waals surface area contributed by atoms with E-state index in [4.69, 9.17) is 4.74 Å². The molecule has 1 aromatic carbocycles. The van der Waals surface area contributed by atoms with Gasteiger partial charge in [-0.2, -0.15) is 0 Å². The summed E-state index contributed by atoms with van der Waals surface area (Å²) in [5.74, 6) is 0. The van der Waals surface area contributed by atoms with Gasteiger partial charge in [0.1, 0.15) is 0 Å². The Morgan fingerprint density at radius 1 is 1.28 bits per heavy atom. The molecule has 0 aliphatic carbocycles. The molecule has 0 amide bonds. The maximum absolute atomic E-state index is 12.2. The first kappa shape index (κ1) is 16.4. The zero-order valence-corrected chi connectivity index (χ0v) is 14.8. The summed E-state index contributed by atoms with van der Waals surface area (Å²) in [6, 6.07) is 12.1. The number of rotatable bonds is 6. The average Bonchev–Trinajstić information content (AvgIpc) is 3.27. The third kappa shape index (κ3) is 3.98. The van der Waals surface area contributed by atoms with E-state index in [-0.39, 0.29) is 11.7 Å². The molecular formula is C19H21N3O2S. The van der Waals surface area contributed by atoms with Crippen LogP contribution in [0.2, 0.25) is 0 Å². The van der Waals surface area contributed by atoms with Crippen LogP contribution in [0.15, 0.2) is 52.8 Å². The molecule has 0 saturated carbocycles. The van der Waals surface area contributed by atoms with E-state index >= 15 is 0 Å². The summed E-state index contributed by atoms with van der Waals surface area (Å²) in [5, 5.41) is 1.89. The number of fused-ring (bicyclic) bond motifs is 1. The van der Waals surface area contributed by atoms with Crippen LogP contribution in [-0.4, -0.2) is 33.5 Å². The van der Waals surface area contributed by atoms with Crippen LogP contribution in [-0.2, 0) is 17.8 Å². The van der Waals surface area contributed by atoms with Crippen LogP contribution >= 0.6 is 11.3 Å². The first-order chi connectivity index (χ1) is 12.3. The summed E-state index contributed by atoms with van der Waals surface area (Å²) in [4.78, 5) is 20.0. The number of nitrogens with zero attached hydrogens (tertiary/aromatic N) is 3. The number of hydrogen-bond donors (Lipinski definition) is 0. The monoisotopic (exact) mass is 355 g/mol. The second kappa shape index (κ2) is 7.47. The number of ether oxygens (including phenoxy) is 1. The molecule has 2 aromatic heterocycles. The third-order valence-electron chi connectivity index (χ3n) is 4.48. The summed E-state index contributed by atoms with van der Waals surface area (Å²) in [5.41, 5.74) is 2.06. The van der Waals surface area contributed by atoms with E-state index < -0.39 is 0 Å². The second-order valence-electron chi connectivity index (χ2n) is 6.43. The number of thiazole rings is 1. The standard InChI is InChI=1S/C19H21N3O2S/c23-18-11-16(20-19-22(18)8-10-25-19)13-21(14-17-7-4-9-24-17)12-15-5-2-1-3-6-15/h1-3,5-6,8,10-11,17H,4,7,9,12-14H2. The highest BCUT2D eigenvalue weighted by molar-refractivity contribution is 7.15. The summed E-state index contributed by atoms with van der Waals surface area (Å²) < 4.78 is 7.41. The van der Waals surface area contributed by atoms with Gasteiger partial charge in [-0.25, -0.2) is 4.98 Å². The predicted molar refractivity (Wildman–Crippen MR) is 98.9 cm³/mol. The maximum Gasteiger partial charge on any atom is 0.258 e. The highest BCUT2D eigenvalue weighted by Gasteiger charge is 2.20. The Balaban J connectivity index is 1.56. The summed E-state index contributed by atoms with van der Waals surface area (Å²) in [7, 11) is 0. The molecule has 1 aliphatic heterocycles. The highest BCUT2D eigenvalue weighted by atomic mass is 32.1. The van der Waals surface area contributed by atoms with E-state index in [0.717, 1.165) is 43.2 Å². The minimum atomic E-state index is -0.0157. The van der Waals surface area contributed by atoms with Crippen molar-refractivity contribution >= 4 is 16.3 Å². The topological polar surface area (TPSA) is 46.8 Å². The first-order valence-corrected chi connectivity index (χ1v) is 9.49. The van der Waals surface area contributed by atoms with Gasteiger partial charge in [-0.05, 0) is 18.4 Å². The van der Waals surface area contributed by atoms with Gasteiger partial charge in [0.05, 0.1) is 11.8 Å². The van der Waals surface area contributed by atoms with Crippen LogP contribution in [0.4, 0.5) is 0 Å². The van der Waals surface area contributed by atoms with Gasteiger partial charge in [0.25, 0.3) is 5.56 Å². The van der Waals surface area contributed by atoms with Crippen molar-refractivity contribution in [2.45, 2.75) is 32.0 Å². The second-order valence-corrected chi connectivity index (χ2v) is 7.30. The minimum Gasteiger partial charge on any atom is -0.377 e. The van der Waals surface area contributed by atoms with Crippen LogP contribution < -0.4 is 5.56 Å². The summed E-state index contributed by atoms with van der Waals surface area (Å²) >= 11 is 1.49. The molecule has 1 aliphatic rings. The van der Waals surface area contributed by atoms with Crippen LogP contribution in [0.5, 0.6) is 0 Å². The molecule has 3 aromatic rings. The molecule has 0 spiro atoms. The molecule has 0 N–H and O–H groups in total. The molecule has 1 atom stereocenters. The van der Waals surface area contributed by atoms with Gasteiger partial charge >= 0.3 is 0 Å². The van der Waals surface area contributed by atoms with E-state index in [0.29, 0.717) is 6.54 Å². The molecule has 130 valence electrons.